The summed E-state index contributed by atoms with van der Waals surface area (Å²) in [5.41, 5.74) is 1.03. The molecular weight excluding hydrogens is 594 g/mol. The molecule has 3 aliphatic heterocycles. The van der Waals surface area contributed by atoms with Crippen LogP contribution in [0.25, 0.3) is 0 Å². The summed E-state index contributed by atoms with van der Waals surface area (Å²) in [5, 5.41) is 0.566. The smallest absolute Gasteiger partial charge is 0.414 e. The molecule has 238 valence electrons. The number of amides is 3. The van der Waals surface area contributed by atoms with E-state index in [1.807, 2.05) is 19.1 Å². The second kappa shape index (κ2) is 13.7. The van der Waals surface area contributed by atoms with E-state index >= 15 is 0 Å². The standard InChI is InChI=1S/C32H39ClF2N4O5/c1-20-5-6-24(13-27(20)33)39(32(42)44-25-7-11-37(12-8-25)21(2)40)10-4-9-36-16-22-18-38(19-23(22)17-36)31(41)30-28(34)14-26(43-3)15-29(30)35/h5-6,13-15,22-23,25H,4,7-12,16-19H2,1-3H3. The van der Waals surface area contributed by atoms with Gasteiger partial charge >= 0.3 is 6.09 Å². The van der Waals surface area contributed by atoms with Gasteiger partial charge in [-0.15, -0.1) is 0 Å². The van der Waals surface area contributed by atoms with Crippen molar-refractivity contribution in [2.75, 3.05) is 64.4 Å². The third-order valence-corrected chi connectivity index (χ3v) is 9.42. The molecular formula is C32H39ClF2N4O5. The van der Waals surface area contributed by atoms with E-state index in [0.717, 1.165) is 37.3 Å². The van der Waals surface area contributed by atoms with Crippen LogP contribution in [0.15, 0.2) is 30.3 Å². The number of methoxy groups -OCH3 is 1. The van der Waals surface area contributed by atoms with Gasteiger partial charge in [0.15, 0.2) is 0 Å². The predicted molar refractivity (Wildman–Crippen MR) is 162 cm³/mol. The fourth-order valence-electron chi connectivity index (χ4n) is 6.49. The van der Waals surface area contributed by atoms with Crippen molar-refractivity contribution in [3.05, 3.63) is 58.1 Å². The minimum atomic E-state index is -0.926. The molecule has 0 spiro atoms. The van der Waals surface area contributed by atoms with Crippen molar-refractivity contribution in [3.63, 3.8) is 0 Å². The van der Waals surface area contributed by atoms with Crippen molar-refractivity contribution in [1.29, 1.82) is 0 Å². The molecule has 12 heteroatoms. The van der Waals surface area contributed by atoms with Crippen LogP contribution in [0.3, 0.4) is 0 Å². The molecule has 5 rings (SSSR count). The summed E-state index contributed by atoms with van der Waals surface area (Å²) in [6, 6.07) is 7.56. The molecule has 3 fully saturated rings. The zero-order valence-corrected chi connectivity index (χ0v) is 26.1. The zero-order valence-electron chi connectivity index (χ0n) is 25.4. The van der Waals surface area contributed by atoms with Gasteiger partial charge in [-0.2, -0.15) is 0 Å². The summed E-state index contributed by atoms with van der Waals surface area (Å²) < 4.78 is 39.8. The van der Waals surface area contributed by atoms with Gasteiger partial charge in [-0.1, -0.05) is 17.7 Å². The van der Waals surface area contributed by atoms with Crippen LogP contribution in [0.5, 0.6) is 5.75 Å². The van der Waals surface area contributed by atoms with Gasteiger partial charge in [0.25, 0.3) is 5.91 Å². The summed E-state index contributed by atoms with van der Waals surface area (Å²) in [4.78, 5) is 45.3. The first-order valence-electron chi connectivity index (χ1n) is 15.1. The van der Waals surface area contributed by atoms with Gasteiger partial charge in [0.2, 0.25) is 5.91 Å². The van der Waals surface area contributed by atoms with E-state index in [9.17, 15) is 23.2 Å². The number of hydrogen-bond acceptors (Lipinski definition) is 6. The molecule has 3 heterocycles. The first kappa shape index (κ1) is 32.0. The van der Waals surface area contributed by atoms with Gasteiger partial charge < -0.3 is 24.2 Å². The normalized spacial score (nSPS) is 20.5. The number of carbonyl (C=O) groups excluding carboxylic acids is 3. The molecule has 9 nitrogen and oxygen atoms in total. The highest BCUT2D eigenvalue weighted by atomic mass is 35.5. The van der Waals surface area contributed by atoms with Gasteiger partial charge in [-0.05, 0) is 49.4 Å². The lowest BCUT2D eigenvalue weighted by Gasteiger charge is -2.32. The largest absolute Gasteiger partial charge is 0.497 e. The first-order chi connectivity index (χ1) is 21.0. The second-order valence-corrected chi connectivity index (χ2v) is 12.4. The highest BCUT2D eigenvalue weighted by molar-refractivity contribution is 6.31. The monoisotopic (exact) mass is 632 g/mol. The Bertz CT molecular complexity index is 1370. The van der Waals surface area contributed by atoms with E-state index < -0.39 is 29.2 Å². The number of rotatable bonds is 8. The molecule has 3 amide bonds. The molecule has 0 bridgehead atoms. The summed E-state index contributed by atoms with van der Waals surface area (Å²) in [6.45, 7) is 8.14. The van der Waals surface area contributed by atoms with Crippen molar-refractivity contribution in [3.8, 4) is 5.75 Å². The molecule has 0 radical (unpaired) electrons. The fourth-order valence-corrected chi connectivity index (χ4v) is 6.67. The van der Waals surface area contributed by atoms with Gasteiger partial charge in [-0.3, -0.25) is 14.5 Å². The van der Waals surface area contributed by atoms with Crippen LogP contribution in [-0.2, 0) is 9.53 Å². The van der Waals surface area contributed by atoms with E-state index in [4.69, 9.17) is 21.1 Å². The van der Waals surface area contributed by atoms with Crippen LogP contribution < -0.4 is 9.64 Å². The summed E-state index contributed by atoms with van der Waals surface area (Å²) in [6.07, 6.45) is 1.19. The van der Waals surface area contributed by atoms with Gasteiger partial charge in [0.05, 0.1) is 7.11 Å². The molecule has 3 saturated heterocycles. The molecule has 0 aromatic heterocycles. The van der Waals surface area contributed by atoms with Crippen LogP contribution >= 0.6 is 11.6 Å². The van der Waals surface area contributed by atoms with Gasteiger partial charge in [0.1, 0.15) is 29.1 Å². The average Bonchev–Trinajstić information content (AvgIpc) is 3.56. The van der Waals surface area contributed by atoms with Crippen LogP contribution in [0.4, 0.5) is 19.3 Å². The van der Waals surface area contributed by atoms with E-state index in [-0.39, 0.29) is 29.6 Å². The molecule has 0 aliphatic carbocycles. The Balaban J connectivity index is 1.15. The predicted octanol–water partition coefficient (Wildman–Crippen LogP) is 4.98. The van der Waals surface area contributed by atoms with Crippen LogP contribution in [0.2, 0.25) is 5.02 Å². The number of nitrogens with zero attached hydrogens (tertiary/aromatic N) is 4. The number of benzene rings is 2. The maximum Gasteiger partial charge on any atom is 0.414 e. The minimum absolute atomic E-state index is 0.0242. The molecule has 0 N–H and O–H groups in total. The number of likely N-dealkylation sites (tertiary alicyclic amines) is 3. The summed E-state index contributed by atoms with van der Waals surface area (Å²) in [5.74, 6) is -2.02. The summed E-state index contributed by atoms with van der Waals surface area (Å²) >= 11 is 6.40. The number of ether oxygens (including phenoxy) is 2. The maximum absolute atomic E-state index is 14.5. The molecule has 2 aromatic carbocycles. The van der Waals surface area contributed by atoms with E-state index in [1.54, 1.807) is 27.7 Å². The topological polar surface area (TPSA) is 82.6 Å². The highest BCUT2D eigenvalue weighted by Gasteiger charge is 2.42. The van der Waals surface area contributed by atoms with Gasteiger partial charge in [0, 0.05) is 88.4 Å². The zero-order chi connectivity index (χ0) is 31.5. The third kappa shape index (κ3) is 7.10. The number of anilines is 1. The Labute approximate surface area is 261 Å². The Morgan fingerprint density at radius 3 is 2.18 bits per heavy atom. The molecule has 0 saturated carbocycles. The van der Waals surface area contributed by atoms with Crippen molar-refractivity contribution in [2.45, 2.75) is 39.2 Å². The number of piperidine rings is 1. The van der Waals surface area contributed by atoms with E-state index in [2.05, 4.69) is 4.90 Å². The molecule has 3 aliphatic rings. The lowest BCUT2D eigenvalue weighted by Crippen LogP contribution is -2.43. The lowest BCUT2D eigenvalue weighted by molar-refractivity contribution is -0.130. The van der Waals surface area contributed by atoms with Crippen molar-refractivity contribution >= 4 is 35.2 Å². The number of carbonyl (C=O) groups is 3. The van der Waals surface area contributed by atoms with Crippen LogP contribution in [-0.4, -0.2) is 98.2 Å². The number of halogens is 3. The SMILES string of the molecule is COc1cc(F)c(C(=O)N2CC3CN(CCCN(C(=O)OC4CCN(C(C)=O)CC4)c4ccc(C)c(Cl)c4)CC3C2)c(F)c1. The first-order valence-corrected chi connectivity index (χ1v) is 15.5. The van der Waals surface area contributed by atoms with E-state index in [1.165, 1.54) is 7.11 Å². The quantitative estimate of drug-likeness (QED) is 0.408. The van der Waals surface area contributed by atoms with Crippen molar-refractivity contribution < 1.29 is 32.6 Å². The maximum atomic E-state index is 14.5. The van der Waals surface area contributed by atoms with Crippen molar-refractivity contribution in [1.82, 2.24) is 14.7 Å². The Kier molecular flexibility index (Phi) is 9.94. The number of hydrogen-bond donors (Lipinski definition) is 0. The highest BCUT2D eigenvalue weighted by Crippen LogP contribution is 2.33. The number of fused-ring (bicyclic) bond motifs is 1. The van der Waals surface area contributed by atoms with Gasteiger partial charge in [-0.25, -0.2) is 13.6 Å². The molecule has 2 atom stereocenters. The third-order valence-electron chi connectivity index (χ3n) is 9.01. The van der Waals surface area contributed by atoms with E-state index in [0.29, 0.717) is 62.7 Å². The van der Waals surface area contributed by atoms with Crippen LogP contribution in [0.1, 0.15) is 42.1 Å². The Morgan fingerprint density at radius 1 is 0.977 bits per heavy atom. The number of aryl methyl sites for hydroxylation is 1. The Hall–Kier alpha value is -3.44. The lowest BCUT2D eigenvalue weighted by atomic mass is 10.0. The molecule has 2 unspecified atom stereocenters. The molecule has 44 heavy (non-hydrogen) atoms. The Morgan fingerprint density at radius 2 is 1.61 bits per heavy atom. The average molecular weight is 633 g/mol. The fraction of sp³-hybridized carbons (Fsp3) is 0.531. The second-order valence-electron chi connectivity index (χ2n) is 12.0. The summed E-state index contributed by atoms with van der Waals surface area (Å²) in [7, 11) is 1.31. The van der Waals surface area contributed by atoms with Crippen LogP contribution in [0, 0.1) is 30.4 Å². The molecule has 2 aromatic rings. The van der Waals surface area contributed by atoms with Crippen molar-refractivity contribution in [2.24, 2.45) is 11.8 Å². The minimum Gasteiger partial charge on any atom is -0.497 e.